The summed E-state index contributed by atoms with van der Waals surface area (Å²) in [5, 5.41) is 9.02. The molecule has 0 unspecified atom stereocenters. The van der Waals surface area contributed by atoms with Crippen molar-refractivity contribution in [3.63, 3.8) is 0 Å². The summed E-state index contributed by atoms with van der Waals surface area (Å²) in [7, 11) is 0. The molecular formula is C17H27NO3. The number of hydrogen-bond acceptors (Lipinski definition) is 2. The van der Waals surface area contributed by atoms with Crippen LogP contribution in [0, 0.1) is 17.8 Å². The van der Waals surface area contributed by atoms with Crippen LogP contribution in [0.25, 0.3) is 0 Å². The largest absolute Gasteiger partial charge is 0.481 e. The molecule has 0 aromatic rings. The van der Waals surface area contributed by atoms with Gasteiger partial charge >= 0.3 is 5.97 Å². The average Bonchev–Trinajstić information content (AvgIpc) is 2.36. The quantitative estimate of drug-likeness (QED) is 0.819. The molecule has 0 saturated heterocycles. The van der Waals surface area contributed by atoms with E-state index in [2.05, 4.69) is 0 Å². The summed E-state index contributed by atoms with van der Waals surface area (Å²) >= 11 is 0. The molecule has 0 spiro atoms. The molecule has 21 heavy (non-hydrogen) atoms. The Balaban J connectivity index is 1.81. The zero-order valence-corrected chi connectivity index (χ0v) is 13.0. The fraction of sp³-hybridized carbons (Fsp3) is 0.882. The topological polar surface area (TPSA) is 57.6 Å². The molecule has 118 valence electrons. The van der Waals surface area contributed by atoms with E-state index in [1.165, 1.54) is 19.3 Å². The van der Waals surface area contributed by atoms with E-state index < -0.39 is 5.97 Å². The molecule has 1 amide bonds. The van der Waals surface area contributed by atoms with E-state index in [0.717, 1.165) is 43.4 Å². The average molecular weight is 293 g/mol. The molecule has 4 rings (SSSR count). The zero-order chi connectivity index (χ0) is 15.0. The number of carbonyl (C=O) groups is 2. The third kappa shape index (κ3) is 2.82. The van der Waals surface area contributed by atoms with E-state index in [0.29, 0.717) is 13.0 Å². The minimum Gasteiger partial charge on any atom is -0.481 e. The van der Waals surface area contributed by atoms with Crippen LogP contribution in [0.3, 0.4) is 0 Å². The van der Waals surface area contributed by atoms with Crippen molar-refractivity contribution in [2.45, 2.75) is 70.3 Å². The van der Waals surface area contributed by atoms with Crippen LogP contribution in [0.5, 0.6) is 0 Å². The highest BCUT2D eigenvalue weighted by atomic mass is 16.4. The van der Waals surface area contributed by atoms with Gasteiger partial charge < -0.3 is 10.0 Å². The highest BCUT2D eigenvalue weighted by Crippen LogP contribution is 2.57. The highest BCUT2D eigenvalue weighted by Gasteiger charge is 2.54. The normalized spacial score (nSPS) is 36.7. The number of amides is 1. The summed E-state index contributed by atoms with van der Waals surface area (Å²) in [6, 6.07) is 0. The van der Waals surface area contributed by atoms with Crippen LogP contribution in [0.4, 0.5) is 0 Å². The summed E-state index contributed by atoms with van der Waals surface area (Å²) in [4.78, 5) is 25.6. The second-order valence-electron chi connectivity index (χ2n) is 7.58. The molecule has 4 fully saturated rings. The van der Waals surface area contributed by atoms with Gasteiger partial charge in [0, 0.05) is 18.5 Å². The molecule has 4 nitrogen and oxygen atoms in total. The van der Waals surface area contributed by atoms with E-state index in [1.807, 2.05) is 11.8 Å². The van der Waals surface area contributed by atoms with Crippen LogP contribution < -0.4 is 0 Å². The van der Waals surface area contributed by atoms with E-state index >= 15 is 0 Å². The van der Waals surface area contributed by atoms with E-state index in [-0.39, 0.29) is 17.9 Å². The first kappa shape index (κ1) is 14.9. The summed E-state index contributed by atoms with van der Waals surface area (Å²) in [6.07, 6.45) is 8.86. The van der Waals surface area contributed by atoms with E-state index in [9.17, 15) is 9.59 Å². The number of nitrogens with zero attached hydrogens (tertiary/aromatic N) is 1. The molecule has 1 N–H and O–H groups in total. The van der Waals surface area contributed by atoms with Crippen molar-refractivity contribution in [3.05, 3.63) is 0 Å². The van der Waals surface area contributed by atoms with Crippen molar-refractivity contribution >= 4 is 11.9 Å². The Morgan fingerprint density at radius 2 is 1.57 bits per heavy atom. The highest BCUT2D eigenvalue weighted by molar-refractivity contribution is 5.78. The van der Waals surface area contributed by atoms with Crippen LogP contribution in [0.1, 0.15) is 64.7 Å². The molecule has 0 aromatic carbocycles. The maximum atomic E-state index is 12.6. The van der Waals surface area contributed by atoms with Crippen molar-refractivity contribution in [2.24, 2.45) is 17.8 Å². The van der Waals surface area contributed by atoms with Crippen molar-refractivity contribution in [1.82, 2.24) is 4.90 Å². The zero-order valence-electron chi connectivity index (χ0n) is 13.0. The fourth-order valence-electron chi connectivity index (χ4n) is 5.58. The number of rotatable bonds is 6. The maximum absolute atomic E-state index is 12.6. The minimum absolute atomic E-state index is 0.00352. The molecule has 0 atom stereocenters. The summed E-state index contributed by atoms with van der Waals surface area (Å²) < 4.78 is 0. The lowest BCUT2D eigenvalue weighted by atomic mass is 9.52. The Morgan fingerprint density at radius 3 is 2.00 bits per heavy atom. The number of carboxylic acid groups (broad SMARTS) is 1. The summed E-state index contributed by atoms with van der Waals surface area (Å²) in [5.41, 5.74) is -0.00352. The second kappa shape index (κ2) is 5.62. The molecular weight excluding hydrogens is 266 g/mol. The Kier molecular flexibility index (Phi) is 3.98. The maximum Gasteiger partial charge on any atom is 0.305 e. The summed E-state index contributed by atoms with van der Waals surface area (Å²) in [5.74, 6) is 1.71. The lowest BCUT2D eigenvalue weighted by molar-refractivity contribution is -0.152. The number of carbonyl (C=O) groups excluding carboxylic acids is 1. The predicted molar refractivity (Wildman–Crippen MR) is 79.8 cm³/mol. The van der Waals surface area contributed by atoms with Crippen LogP contribution in [0.15, 0.2) is 0 Å². The van der Waals surface area contributed by atoms with Gasteiger partial charge in [0.15, 0.2) is 0 Å². The SMILES string of the molecule is CCCC(=O)N(CCC(=O)O)C12CC3CC(CC(C3)C1)C2. The van der Waals surface area contributed by atoms with Crippen molar-refractivity contribution in [3.8, 4) is 0 Å². The molecule has 0 aromatic heterocycles. The minimum atomic E-state index is -0.797. The Hall–Kier alpha value is -1.06. The standard InChI is InChI=1S/C17H27NO3/c1-2-3-15(19)18(5-4-16(20)21)17-9-12-6-13(10-17)8-14(7-12)11-17/h12-14H,2-11H2,1H3,(H,20,21). The smallest absolute Gasteiger partial charge is 0.305 e. The molecule has 0 radical (unpaired) electrons. The molecule has 4 saturated carbocycles. The van der Waals surface area contributed by atoms with Gasteiger partial charge in [0.1, 0.15) is 0 Å². The molecule has 4 heteroatoms. The van der Waals surface area contributed by atoms with Crippen molar-refractivity contribution in [2.75, 3.05) is 6.54 Å². The van der Waals surface area contributed by atoms with Gasteiger partial charge in [0.05, 0.1) is 6.42 Å². The van der Waals surface area contributed by atoms with Gasteiger partial charge in [-0.05, 0) is 62.7 Å². The molecule has 0 aliphatic heterocycles. The van der Waals surface area contributed by atoms with Gasteiger partial charge in [-0.2, -0.15) is 0 Å². The number of carboxylic acids is 1. The monoisotopic (exact) mass is 293 g/mol. The lowest BCUT2D eigenvalue weighted by Gasteiger charge is -2.60. The summed E-state index contributed by atoms with van der Waals surface area (Å²) in [6.45, 7) is 2.42. The third-order valence-electron chi connectivity index (χ3n) is 5.89. The van der Waals surface area contributed by atoms with Crippen molar-refractivity contribution in [1.29, 1.82) is 0 Å². The van der Waals surface area contributed by atoms with Crippen LogP contribution in [-0.4, -0.2) is 34.0 Å². The van der Waals surface area contributed by atoms with Gasteiger partial charge in [0.25, 0.3) is 0 Å². The lowest BCUT2D eigenvalue weighted by Crippen LogP contribution is -2.61. The fourth-order valence-corrected chi connectivity index (χ4v) is 5.58. The Bertz CT molecular complexity index is 396. The second-order valence-corrected chi connectivity index (χ2v) is 7.58. The van der Waals surface area contributed by atoms with E-state index in [1.54, 1.807) is 0 Å². The van der Waals surface area contributed by atoms with Crippen LogP contribution in [0.2, 0.25) is 0 Å². The van der Waals surface area contributed by atoms with Gasteiger partial charge in [-0.1, -0.05) is 6.92 Å². The molecule has 4 aliphatic carbocycles. The van der Waals surface area contributed by atoms with Gasteiger partial charge in [-0.25, -0.2) is 0 Å². The Morgan fingerprint density at radius 1 is 1.05 bits per heavy atom. The predicted octanol–water partition coefficient (Wildman–Crippen LogP) is 3.06. The third-order valence-corrected chi connectivity index (χ3v) is 5.89. The first-order chi connectivity index (χ1) is 10.0. The van der Waals surface area contributed by atoms with Crippen LogP contribution in [-0.2, 0) is 9.59 Å². The molecule has 0 heterocycles. The molecule has 4 aliphatic rings. The number of hydrogen-bond donors (Lipinski definition) is 1. The van der Waals surface area contributed by atoms with Crippen LogP contribution >= 0.6 is 0 Å². The van der Waals surface area contributed by atoms with Gasteiger partial charge in [0.2, 0.25) is 5.91 Å². The first-order valence-corrected chi connectivity index (χ1v) is 8.54. The molecule has 4 bridgehead atoms. The number of aliphatic carboxylic acids is 1. The first-order valence-electron chi connectivity index (χ1n) is 8.54. The van der Waals surface area contributed by atoms with Gasteiger partial charge in [-0.3, -0.25) is 9.59 Å². The van der Waals surface area contributed by atoms with E-state index in [4.69, 9.17) is 5.11 Å². The Labute approximate surface area is 126 Å². The van der Waals surface area contributed by atoms with Crippen molar-refractivity contribution < 1.29 is 14.7 Å². The van der Waals surface area contributed by atoms with Gasteiger partial charge in [-0.15, -0.1) is 0 Å².